The molecule has 0 fully saturated rings. The van der Waals surface area contributed by atoms with Gasteiger partial charge in [0.15, 0.2) is 10.8 Å². The minimum Gasteiger partial charge on any atom is -0.487 e. The predicted molar refractivity (Wildman–Crippen MR) is 48.6 cm³/mol. The van der Waals surface area contributed by atoms with E-state index in [9.17, 15) is 4.79 Å². The number of hydrogen-bond acceptors (Lipinski definition) is 3. The van der Waals surface area contributed by atoms with E-state index in [-0.39, 0.29) is 5.78 Å². The maximum atomic E-state index is 10.9. The summed E-state index contributed by atoms with van der Waals surface area (Å²) in [5.41, 5.74) is 0. The van der Waals surface area contributed by atoms with Crippen molar-refractivity contribution in [2.24, 2.45) is 0 Å². The molecule has 0 atom stereocenters. The standard InChI is InChI=1S/C7H7BrO2S/c1-4(9)7-5(8)3-6(10-2)11-7/h3H,1-2H3. The quantitative estimate of drug-likeness (QED) is 0.736. The van der Waals surface area contributed by atoms with Crippen LogP contribution in [0.15, 0.2) is 10.5 Å². The van der Waals surface area contributed by atoms with Crippen LogP contribution in [0.25, 0.3) is 0 Å². The fourth-order valence-corrected chi connectivity index (χ4v) is 2.33. The molecule has 11 heavy (non-hydrogen) atoms. The maximum Gasteiger partial charge on any atom is 0.175 e. The molecule has 0 saturated heterocycles. The van der Waals surface area contributed by atoms with Crippen LogP contribution in [0, 0.1) is 0 Å². The highest BCUT2D eigenvalue weighted by atomic mass is 79.9. The Bertz CT molecular complexity index is 280. The third kappa shape index (κ3) is 1.81. The molecule has 0 spiro atoms. The van der Waals surface area contributed by atoms with Gasteiger partial charge in [-0.15, -0.1) is 0 Å². The average molecular weight is 235 g/mol. The Morgan fingerprint density at radius 2 is 2.36 bits per heavy atom. The molecule has 1 rings (SSSR count). The zero-order valence-corrected chi connectivity index (χ0v) is 8.58. The molecule has 0 radical (unpaired) electrons. The molecule has 0 amide bonds. The van der Waals surface area contributed by atoms with Gasteiger partial charge in [-0.05, 0) is 22.9 Å². The SMILES string of the molecule is COc1cc(Br)c(C(C)=O)s1. The van der Waals surface area contributed by atoms with Crippen molar-refractivity contribution in [3.63, 3.8) is 0 Å². The Balaban J connectivity index is 3.07. The molecule has 0 bridgehead atoms. The smallest absolute Gasteiger partial charge is 0.175 e. The van der Waals surface area contributed by atoms with Crippen LogP contribution in [-0.4, -0.2) is 12.9 Å². The summed E-state index contributed by atoms with van der Waals surface area (Å²) < 4.78 is 5.77. The zero-order chi connectivity index (χ0) is 8.43. The summed E-state index contributed by atoms with van der Waals surface area (Å²) in [7, 11) is 1.59. The number of ketones is 1. The number of carbonyl (C=O) groups excluding carboxylic acids is 1. The monoisotopic (exact) mass is 234 g/mol. The molecule has 0 aromatic carbocycles. The molecule has 0 unspecified atom stereocenters. The number of ether oxygens (including phenoxy) is 1. The van der Waals surface area contributed by atoms with Gasteiger partial charge in [0, 0.05) is 10.5 Å². The molecule has 0 aliphatic heterocycles. The molecule has 60 valence electrons. The summed E-state index contributed by atoms with van der Waals surface area (Å²) in [6.07, 6.45) is 0. The first-order chi connectivity index (χ1) is 5.15. The lowest BCUT2D eigenvalue weighted by Crippen LogP contribution is -1.85. The van der Waals surface area contributed by atoms with Crippen molar-refractivity contribution in [2.75, 3.05) is 7.11 Å². The van der Waals surface area contributed by atoms with Crippen molar-refractivity contribution in [1.29, 1.82) is 0 Å². The first kappa shape index (κ1) is 8.74. The molecule has 0 saturated carbocycles. The molecular weight excluding hydrogens is 228 g/mol. The van der Waals surface area contributed by atoms with Gasteiger partial charge in [-0.25, -0.2) is 0 Å². The van der Waals surface area contributed by atoms with Crippen LogP contribution in [0.5, 0.6) is 5.06 Å². The number of carbonyl (C=O) groups is 1. The van der Waals surface area contributed by atoms with Crippen LogP contribution < -0.4 is 4.74 Å². The van der Waals surface area contributed by atoms with Gasteiger partial charge in [-0.3, -0.25) is 4.79 Å². The van der Waals surface area contributed by atoms with Gasteiger partial charge in [-0.1, -0.05) is 11.3 Å². The lowest BCUT2D eigenvalue weighted by atomic mass is 10.4. The van der Waals surface area contributed by atoms with Crippen LogP contribution >= 0.6 is 27.3 Å². The minimum absolute atomic E-state index is 0.0603. The van der Waals surface area contributed by atoms with Gasteiger partial charge in [0.05, 0.1) is 12.0 Å². The van der Waals surface area contributed by atoms with E-state index < -0.39 is 0 Å². The van der Waals surface area contributed by atoms with E-state index in [1.165, 1.54) is 18.3 Å². The molecule has 4 heteroatoms. The second-order valence-electron chi connectivity index (χ2n) is 2.00. The summed E-state index contributed by atoms with van der Waals surface area (Å²) in [4.78, 5) is 11.6. The molecular formula is C7H7BrO2S. The molecule has 1 aromatic rings. The molecule has 0 aliphatic rings. The first-order valence-electron chi connectivity index (χ1n) is 2.99. The Kier molecular flexibility index (Phi) is 2.67. The first-order valence-corrected chi connectivity index (χ1v) is 4.60. The summed E-state index contributed by atoms with van der Waals surface area (Å²) in [6, 6.07) is 1.79. The normalized spacial score (nSPS) is 9.73. The molecule has 2 nitrogen and oxygen atoms in total. The van der Waals surface area contributed by atoms with Crippen LogP contribution in [-0.2, 0) is 0 Å². The fraction of sp³-hybridized carbons (Fsp3) is 0.286. The van der Waals surface area contributed by atoms with Crippen molar-refractivity contribution in [1.82, 2.24) is 0 Å². The highest BCUT2D eigenvalue weighted by Gasteiger charge is 2.10. The fourth-order valence-electron chi connectivity index (χ4n) is 0.688. The average Bonchev–Trinajstić information content (AvgIpc) is 2.30. The largest absolute Gasteiger partial charge is 0.487 e. The number of Topliss-reactive ketones (excluding diaryl/α,β-unsaturated/α-hetero) is 1. The van der Waals surface area contributed by atoms with Gasteiger partial charge >= 0.3 is 0 Å². The van der Waals surface area contributed by atoms with Crippen LogP contribution in [0.2, 0.25) is 0 Å². The van der Waals surface area contributed by atoms with Gasteiger partial charge < -0.3 is 4.74 Å². The number of hydrogen-bond donors (Lipinski definition) is 0. The van der Waals surface area contributed by atoms with Gasteiger partial charge in [0.1, 0.15) is 0 Å². The Hall–Kier alpha value is -0.350. The van der Waals surface area contributed by atoms with E-state index in [0.717, 1.165) is 9.54 Å². The Labute approximate surface area is 77.3 Å². The summed E-state index contributed by atoms with van der Waals surface area (Å²) in [6.45, 7) is 1.54. The van der Waals surface area contributed by atoms with Crippen molar-refractivity contribution in [3.8, 4) is 5.06 Å². The highest BCUT2D eigenvalue weighted by Crippen LogP contribution is 2.32. The molecule has 0 N–H and O–H groups in total. The van der Waals surface area contributed by atoms with Gasteiger partial charge in [0.2, 0.25) is 0 Å². The number of thiophene rings is 1. The number of methoxy groups -OCH3 is 1. The van der Waals surface area contributed by atoms with Gasteiger partial charge in [-0.2, -0.15) is 0 Å². The molecule has 1 aromatic heterocycles. The van der Waals surface area contributed by atoms with Crippen LogP contribution in [0.1, 0.15) is 16.6 Å². The second kappa shape index (κ2) is 3.36. The number of halogens is 1. The van der Waals surface area contributed by atoms with E-state index in [1.807, 2.05) is 0 Å². The third-order valence-electron chi connectivity index (χ3n) is 1.19. The predicted octanol–water partition coefficient (Wildman–Crippen LogP) is 2.72. The van der Waals surface area contributed by atoms with E-state index in [0.29, 0.717) is 4.88 Å². The van der Waals surface area contributed by atoms with Crippen molar-refractivity contribution >= 4 is 33.0 Å². The van der Waals surface area contributed by atoms with E-state index in [1.54, 1.807) is 13.2 Å². The summed E-state index contributed by atoms with van der Waals surface area (Å²) in [5, 5.41) is 0.752. The lowest BCUT2D eigenvalue weighted by molar-refractivity contribution is 0.102. The van der Waals surface area contributed by atoms with Crippen LogP contribution in [0.3, 0.4) is 0 Å². The van der Waals surface area contributed by atoms with Crippen LogP contribution in [0.4, 0.5) is 0 Å². The summed E-state index contributed by atoms with van der Waals surface area (Å²) in [5.74, 6) is 0.0603. The third-order valence-corrected chi connectivity index (χ3v) is 3.27. The summed E-state index contributed by atoms with van der Waals surface area (Å²) >= 11 is 4.62. The van der Waals surface area contributed by atoms with E-state index in [2.05, 4.69) is 15.9 Å². The van der Waals surface area contributed by atoms with Gasteiger partial charge in [0.25, 0.3) is 0 Å². The maximum absolute atomic E-state index is 10.9. The molecule has 1 heterocycles. The zero-order valence-electron chi connectivity index (χ0n) is 6.18. The van der Waals surface area contributed by atoms with Crippen molar-refractivity contribution in [3.05, 3.63) is 15.4 Å². The Morgan fingerprint density at radius 3 is 2.64 bits per heavy atom. The van der Waals surface area contributed by atoms with E-state index in [4.69, 9.17) is 4.74 Å². The Morgan fingerprint density at radius 1 is 1.73 bits per heavy atom. The minimum atomic E-state index is 0.0603. The highest BCUT2D eigenvalue weighted by molar-refractivity contribution is 9.10. The van der Waals surface area contributed by atoms with E-state index >= 15 is 0 Å². The molecule has 0 aliphatic carbocycles. The number of rotatable bonds is 2. The lowest BCUT2D eigenvalue weighted by Gasteiger charge is -1.88. The topological polar surface area (TPSA) is 26.3 Å². The second-order valence-corrected chi connectivity index (χ2v) is 3.87. The van der Waals surface area contributed by atoms with Crippen molar-refractivity contribution < 1.29 is 9.53 Å². The van der Waals surface area contributed by atoms with Crippen molar-refractivity contribution in [2.45, 2.75) is 6.92 Å².